The van der Waals surface area contributed by atoms with Gasteiger partial charge in [-0.1, -0.05) is 6.07 Å². The van der Waals surface area contributed by atoms with Gasteiger partial charge < -0.3 is 19.9 Å². The summed E-state index contributed by atoms with van der Waals surface area (Å²) < 4.78 is 5.38. The van der Waals surface area contributed by atoms with Crippen molar-refractivity contribution in [1.82, 2.24) is 20.0 Å². The van der Waals surface area contributed by atoms with E-state index in [0.717, 1.165) is 75.9 Å². The minimum absolute atomic E-state index is 0. The zero-order chi connectivity index (χ0) is 21.3. The predicted octanol–water partition coefficient (Wildman–Crippen LogP) is 2.72. The first-order valence-electron chi connectivity index (χ1n) is 11.3. The van der Waals surface area contributed by atoms with Gasteiger partial charge in [0.25, 0.3) is 0 Å². The third kappa shape index (κ3) is 7.82. The number of ether oxygens (including phenoxy) is 1. The quantitative estimate of drug-likeness (QED) is 0.340. The highest BCUT2D eigenvalue weighted by Gasteiger charge is 2.24. The molecule has 3 rings (SSSR count). The lowest BCUT2D eigenvalue weighted by molar-refractivity contribution is -0.133. The molecule has 0 spiro atoms. The van der Waals surface area contributed by atoms with E-state index in [1.165, 1.54) is 12.0 Å². The Morgan fingerprint density at radius 3 is 2.39 bits per heavy atom. The lowest BCUT2D eigenvalue weighted by atomic mass is 10.1. The van der Waals surface area contributed by atoms with E-state index in [4.69, 9.17) is 9.73 Å². The molecule has 2 heterocycles. The molecule has 2 saturated heterocycles. The molecule has 0 unspecified atom stereocenters. The number of carbonyl (C=O) groups excluding carboxylic acids is 1. The van der Waals surface area contributed by atoms with Crippen molar-refractivity contribution in [3.05, 3.63) is 29.3 Å². The lowest BCUT2D eigenvalue weighted by Gasteiger charge is -2.37. The van der Waals surface area contributed by atoms with Gasteiger partial charge in [-0.15, -0.1) is 24.0 Å². The monoisotopic (exact) mass is 543 g/mol. The maximum Gasteiger partial charge on any atom is 0.236 e. The summed E-state index contributed by atoms with van der Waals surface area (Å²) in [5, 5.41) is 3.42. The summed E-state index contributed by atoms with van der Waals surface area (Å²) in [6.45, 7) is 11.6. The fraction of sp³-hybridized carbons (Fsp3) is 0.652. The molecule has 0 saturated carbocycles. The molecule has 174 valence electrons. The van der Waals surface area contributed by atoms with E-state index in [0.29, 0.717) is 13.1 Å². The van der Waals surface area contributed by atoms with Crippen molar-refractivity contribution < 1.29 is 9.53 Å². The van der Waals surface area contributed by atoms with Crippen LogP contribution in [-0.2, 0) is 11.3 Å². The van der Waals surface area contributed by atoms with Gasteiger partial charge in [-0.3, -0.25) is 9.69 Å². The van der Waals surface area contributed by atoms with Gasteiger partial charge in [0, 0.05) is 45.8 Å². The predicted molar refractivity (Wildman–Crippen MR) is 136 cm³/mol. The maximum absolute atomic E-state index is 12.5. The number of piperazine rings is 1. The number of halogens is 1. The van der Waals surface area contributed by atoms with Crippen LogP contribution in [0.2, 0.25) is 0 Å². The zero-order valence-corrected chi connectivity index (χ0v) is 21.6. The van der Waals surface area contributed by atoms with Crippen LogP contribution >= 0.6 is 24.0 Å². The Bertz CT molecular complexity index is 729. The average Bonchev–Trinajstić information content (AvgIpc) is 2.77. The Labute approximate surface area is 204 Å². The first kappa shape index (κ1) is 25.7. The van der Waals surface area contributed by atoms with Crippen LogP contribution in [0.15, 0.2) is 23.2 Å². The molecule has 1 amide bonds. The van der Waals surface area contributed by atoms with Crippen molar-refractivity contribution in [3.63, 3.8) is 0 Å². The van der Waals surface area contributed by atoms with E-state index in [1.807, 2.05) is 17.0 Å². The normalized spacial score (nSPS) is 17.8. The van der Waals surface area contributed by atoms with Crippen LogP contribution in [-0.4, -0.2) is 86.0 Å². The van der Waals surface area contributed by atoms with Crippen LogP contribution in [0.25, 0.3) is 0 Å². The third-order valence-electron chi connectivity index (χ3n) is 5.83. The van der Waals surface area contributed by atoms with E-state index >= 15 is 0 Å². The van der Waals surface area contributed by atoms with E-state index in [2.05, 4.69) is 35.0 Å². The van der Waals surface area contributed by atoms with Gasteiger partial charge in [0.2, 0.25) is 5.91 Å². The lowest BCUT2D eigenvalue weighted by Crippen LogP contribution is -2.54. The van der Waals surface area contributed by atoms with Gasteiger partial charge in [-0.05, 0) is 56.4 Å². The van der Waals surface area contributed by atoms with Crippen molar-refractivity contribution in [1.29, 1.82) is 0 Å². The number of carbonyl (C=O) groups is 1. The summed E-state index contributed by atoms with van der Waals surface area (Å²) >= 11 is 0. The molecule has 0 atom stereocenters. The Kier molecular flexibility index (Phi) is 10.9. The summed E-state index contributed by atoms with van der Waals surface area (Å²) in [5.74, 6) is 2.11. The number of likely N-dealkylation sites (tertiary alicyclic amines) is 1. The molecule has 1 N–H and O–H groups in total. The van der Waals surface area contributed by atoms with Crippen LogP contribution < -0.4 is 10.1 Å². The highest BCUT2D eigenvalue weighted by atomic mass is 127. The number of amides is 1. The molecule has 1 aromatic carbocycles. The van der Waals surface area contributed by atoms with Gasteiger partial charge in [0.15, 0.2) is 5.96 Å². The van der Waals surface area contributed by atoms with Crippen LogP contribution in [0.3, 0.4) is 0 Å². The second-order valence-corrected chi connectivity index (χ2v) is 8.23. The van der Waals surface area contributed by atoms with Crippen molar-refractivity contribution in [2.24, 2.45) is 4.99 Å². The molecule has 1 aromatic rings. The van der Waals surface area contributed by atoms with Crippen molar-refractivity contribution in [2.75, 3.05) is 59.5 Å². The van der Waals surface area contributed by atoms with Crippen LogP contribution in [0.1, 0.15) is 37.3 Å². The second kappa shape index (κ2) is 13.1. The Morgan fingerprint density at radius 1 is 1.03 bits per heavy atom. The molecule has 2 aliphatic heterocycles. The fourth-order valence-corrected chi connectivity index (χ4v) is 4.18. The topological polar surface area (TPSA) is 60.4 Å². The first-order chi connectivity index (χ1) is 14.6. The third-order valence-corrected chi connectivity index (χ3v) is 5.83. The van der Waals surface area contributed by atoms with Crippen LogP contribution in [0.5, 0.6) is 5.75 Å². The smallest absolute Gasteiger partial charge is 0.236 e. The standard InChI is InChI=1S/C23H37N5O2.HI/c1-4-24-23(25-17-20-14-19(2)15-21(16-20)30-3)28-12-10-26(11-13-28)18-22(29)27-8-6-5-7-9-27;/h14-16H,4-13,17-18H2,1-3H3,(H,24,25);1H. The van der Waals surface area contributed by atoms with Crippen molar-refractivity contribution in [3.8, 4) is 5.75 Å². The summed E-state index contributed by atoms with van der Waals surface area (Å²) in [6, 6.07) is 6.23. The maximum atomic E-state index is 12.5. The number of hydrogen-bond donors (Lipinski definition) is 1. The number of methoxy groups -OCH3 is 1. The number of guanidine groups is 1. The average molecular weight is 543 g/mol. The molecule has 0 aliphatic carbocycles. The molecule has 0 radical (unpaired) electrons. The number of piperidine rings is 1. The molecule has 8 heteroatoms. The number of benzene rings is 1. The van der Waals surface area contributed by atoms with Gasteiger partial charge >= 0.3 is 0 Å². The second-order valence-electron chi connectivity index (χ2n) is 8.23. The molecular weight excluding hydrogens is 505 g/mol. The summed E-state index contributed by atoms with van der Waals surface area (Å²) in [5.41, 5.74) is 2.32. The zero-order valence-electron chi connectivity index (χ0n) is 19.2. The fourth-order valence-electron chi connectivity index (χ4n) is 4.18. The highest BCUT2D eigenvalue weighted by Crippen LogP contribution is 2.17. The van der Waals surface area contributed by atoms with Gasteiger partial charge in [-0.25, -0.2) is 4.99 Å². The van der Waals surface area contributed by atoms with E-state index in [1.54, 1.807) is 7.11 Å². The Morgan fingerprint density at radius 2 is 1.74 bits per heavy atom. The highest BCUT2D eigenvalue weighted by molar-refractivity contribution is 14.0. The molecule has 2 aliphatic rings. The van der Waals surface area contributed by atoms with E-state index in [-0.39, 0.29) is 29.9 Å². The summed E-state index contributed by atoms with van der Waals surface area (Å²) in [7, 11) is 1.70. The van der Waals surface area contributed by atoms with Crippen LogP contribution in [0, 0.1) is 6.92 Å². The number of hydrogen-bond acceptors (Lipinski definition) is 4. The summed E-state index contributed by atoms with van der Waals surface area (Å²) in [4.78, 5) is 24.0. The summed E-state index contributed by atoms with van der Waals surface area (Å²) in [6.07, 6.45) is 3.55. The van der Waals surface area contributed by atoms with E-state index < -0.39 is 0 Å². The number of aliphatic imine (C=N–C) groups is 1. The Balaban J connectivity index is 0.00000341. The number of nitrogens with one attached hydrogen (secondary N) is 1. The molecule has 31 heavy (non-hydrogen) atoms. The molecule has 7 nitrogen and oxygen atoms in total. The largest absolute Gasteiger partial charge is 0.497 e. The van der Waals surface area contributed by atoms with Crippen LogP contribution in [0.4, 0.5) is 0 Å². The van der Waals surface area contributed by atoms with Crippen molar-refractivity contribution >= 4 is 35.8 Å². The molecular formula is C23H38IN5O2. The molecule has 0 bridgehead atoms. The molecule has 0 aromatic heterocycles. The number of rotatable bonds is 6. The van der Waals surface area contributed by atoms with Gasteiger partial charge in [0.05, 0.1) is 20.2 Å². The van der Waals surface area contributed by atoms with Gasteiger partial charge in [0.1, 0.15) is 5.75 Å². The number of aryl methyl sites for hydroxylation is 1. The minimum atomic E-state index is 0. The molecule has 2 fully saturated rings. The van der Waals surface area contributed by atoms with Crippen molar-refractivity contribution in [2.45, 2.75) is 39.7 Å². The first-order valence-corrected chi connectivity index (χ1v) is 11.3. The van der Waals surface area contributed by atoms with E-state index in [9.17, 15) is 4.79 Å². The minimum Gasteiger partial charge on any atom is -0.497 e. The van der Waals surface area contributed by atoms with Gasteiger partial charge in [-0.2, -0.15) is 0 Å². The Hall–Kier alpha value is -1.55. The number of nitrogens with zero attached hydrogens (tertiary/aromatic N) is 4. The SMILES string of the molecule is CCNC(=NCc1cc(C)cc(OC)c1)N1CCN(CC(=O)N2CCCCC2)CC1.I.